The van der Waals surface area contributed by atoms with E-state index in [0.29, 0.717) is 0 Å². The Labute approximate surface area is 96.5 Å². The minimum absolute atomic E-state index is 0.0839. The summed E-state index contributed by atoms with van der Waals surface area (Å²) in [5, 5.41) is 3.33. The fourth-order valence-corrected chi connectivity index (χ4v) is 2.38. The number of halogens is 1. The molecule has 2 nitrogen and oxygen atoms in total. The zero-order valence-electron chi connectivity index (χ0n) is 10.0. The Balaban J connectivity index is 2.31. The molecule has 1 aliphatic heterocycles. The van der Waals surface area contributed by atoms with E-state index in [0.717, 1.165) is 49.4 Å². The summed E-state index contributed by atoms with van der Waals surface area (Å²) in [6.45, 7) is 7.72. The van der Waals surface area contributed by atoms with Crippen LogP contribution in [0.2, 0.25) is 0 Å². The Hall–Kier alpha value is -1.09. The topological polar surface area (TPSA) is 15.3 Å². The van der Waals surface area contributed by atoms with Gasteiger partial charge in [-0.15, -0.1) is 0 Å². The van der Waals surface area contributed by atoms with E-state index < -0.39 is 0 Å². The molecular formula is C13H19FN2. The van der Waals surface area contributed by atoms with Gasteiger partial charge in [-0.05, 0) is 44.0 Å². The van der Waals surface area contributed by atoms with Gasteiger partial charge in [0.1, 0.15) is 5.82 Å². The molecule has 0 amide bonds. The first-order valence-corrected chi connectivity index (χ1v) is 5.91. The highest BCUT2D eigenvalue weighted by atomic mass is 19.1. The van der Waals surface area contributed by atoms with Crippen molar-refractivity contribution in [2.75, 3.05) is 31.1 Å². The lowest BCUT2D eigenvalue weighted by atomic mass is 10.1. The number of hydrogen-bond acceptors (Lipinski definition) is 2. The van der Waals surface area contributed by atoms with Crippen LogP contribution in [-0.2, 0) is 0 Å². The van der Waals surface area contributed by atoms with Gasteiger partial charge in [0.25, 0.3) is 0 Å². The van der Waals surface area contributed by atoms with Crippen molar-refractivity contribution in [1.82, 2.24) is 5.32 Å². The monoisotopic (exact) mass is 222 g/mol. The number of rotatable bonds is 1. The van der Waals surface area contributed by atoms with Crippen molar-refractivity contribution >= 4 is 5.69 Å². The average Bonchev–Trinajstić information content (AvgIpc) is 2.44. The van der Waals surface area contributed by atoms with Gasteiger partial charge in [-0.2, -0.15) is 0 Å². The summed E-state index contributed by atoms with van der Waals surface area (Å²) in [4.78, 5) is 2.16. The Bertz CT molecular complexity index is 345. The molecule has 0 aliphatic carbocycles. The fraction of sp³-hybridized carbons (Fsp3) is 0.538. The second-order valence-corrected chi connectivity index (χ2v) is 4.50. The molecule has 88 valence electrons. The summed E-state index contributed by atoms with van der Waals surface area (Å²) >= 11 is 0. The van der Waals surface area contributed by atoms with E-state index in [1.807, 2.05) is 13.8 Å². The van der Waals surface area contributed by atoms with Crippen molar-refractivity contribution in [3.63, 3.8) is 0 Å². The Kier molecular flexibility index (Phi) is 3.44. The first-order chi connectivity index (χ1) is 7.68. The molecule has 0 aromatic heterocycles. The number of aryl methyl sites for hydroxylation is 2. The van der Waals surface area contributed by atoms with Gasteiger partial charge in [0.05, 0.1) is 5.69 Å². The van der Waals surface area contributed by atoms with E-state index in [2.05, 4.69) is 16.3 Å². The molecule has 1 heterocycles. The molecule has 0 radical (unpaired) electrons. The quantitative estimate of drug-likeness (QED) is 0.784. The number of nitrogens with one attached hydrogen (secondary N) is 1. The van der Waals surface area contributed by atoms with Crippen molar-refractivity contribution in [2.24, 2.45) is 0 Å². The lowest BCUT2D eigenvalue weighted by molar-refractivity contribution is 0.615. The predicted octanol–water partition coefficient (Wildman–Crippen LogP) is 2.24. The van der Waals surface area contributed by atoms with Crippen LogP contribution in [0.3, 0.4) is 0 Å². The number of benzene rings is 1. The highest BCUT2D eigenvalue weighted by Crippen LogP contribution is 2.25. The van der Waals surface area contributed by atoms with Crippen LogP contribution < -0.4 is 10.2 Å². The van der Waals surface area contributed by atoms with E-state index in [1.165, 1.54) is 0 Å². The van der Waals surface area contributed by atoms with Gasteiger partial charge in [0.15, 0.2) is 0 Å². The zero-order valence-corrected chi connectivity index (χ0v) is 10.0. The van der Waals surface area contributed by atoms with Gasteiger partial charge in [-0.3, -0.25) is 0 Å². The highest BCUT2D eigenvalue weighted by Gasteiger charge is 2.16. The maximum absolute atomic E-state index is 14.0. The SMILES string of the molecule is Cc1cc(C)c(N2CCCNCC2)c(F)c1. The van der Waals surface area contributed by atoms with Crippen molar-refractivity contribution < 1.29 is 4.39 Å². The Morgan fingerprint density at radius 1 is 1.19 bits per heavy atom. The van der Waals surface area contributed by atoms with Crippen molar-refractivity contribution in [3.05, 3.63) is 29.1 Å². The molecule has 0 atom stereocenters. The second kappa shape index (κ2) is 4.83. The van der Waals surface area contributed by atoms with Gasteiger partial charge in [-0.25, -0.2) is 4.39 Å². The van der Waals surface area contributed by atoms with Crippen LogP contribution >= 0.6 is 0 Å². The number of hydrogen-bond donors (Lipinski definition) is 1. The minimum atomic E-state index is -0.0839. The minimum Gasteiger partial charge on any atom is -0.368 e. The first kappa shape index (κ1) is 11.4. The van der Waals surface area contributed by atoms with Crippen LogP contribution in [0.4, 0.5) is 10.1 Å². The standard InChI is InChI=1S/C13H19FN2/c1-10-8-11(2)13(12(14)9-10)16-6-3-4-15-5-7-16/h8-9,15H,3-7H2,1-2H3. The normalized spacial score (nSPS) is 17.3. The van der Waals surface area contributed by atoms with Crippen LogP contribution in [0.15, 0.2) is 12.1 Å². The molecule has 1 aromatic carbocycles. The smallest absolute Gasteiger partial charge is 0.147 e. The van der Waals surface area contributed by atoms with Crippen LogP contribution in [0.5, 0.6) is 0 Å². The van der Waals surface area contributed by atoms with Crippen LogP contribution in [0.1, 0.15) is 17.5 Å². The van der Waals surface area contributed by atoms with E-state index in [-0.39, 0.29) is 5.82 Å². The summed E-state index contributed by atoms with van der Waals surface area (Å²) in [7, 11) is 0. The zero-order chi connectivity index (χ0) is 11.5. The molecule has 0 bridgehead atoms. The molecule has 0 spiro atoms. The Morgan fingerprint density at radius 2 is 2.00 bits per heavy atom. The predicted molar refractivity (Wildman–Crippen MR) is 65.6 cm³/mol. The molecule has 1 fully saturated rings. The molecule has 1 aliphatic rings. The van der Waals surface area contributed by atoms with E-state index >= 15 is 0 Å². The third-order valence-electron chi connectivity index (χ3n) is 3.05. The maximum atomic E-state index is 14.0. The lowest BCUT2D eigenvalue weighted by Crippen LogP contribution is -2.29. The summed E-state index contributed by atoms with van der Waals surface area (Å²) in [5.41, 5.74) is 2.82. The lowest BCUT2D eigenvalue weighted by Gasteiger charge is -2.25. The third-order valence-corrected chi connectivity index (χ3v) is 3.05. The maximum Gasteiger partial charge on any atom is 0.147 e. The van der Waals surface area contributed by atoms with Crippen molar-refractivity contribution in [2.45, 2.75) is 20.3 Å². The molecule has 1 aromatic rings. The van der Waals surface area contributed by atoms with Crippen molar-refractivity contribution in [3.8, 4) is 0 Å². The summed E-state index contributed by atoms with van der Waals surface area (Å²) in [5.74, 6) is -0.0839. The van der Waals surface area contributed by atoms with Crippen molar-refractivity contribution in [1.29, 1.82) is 0 Å². The van der Waals surface area contributed by atoms with Gasteiger partial charge in [0.2, 0.25) is 0 Å². The summed E-state index contributed by atoms with van der Waals surface area (Å²) in [6, 6.07) is 3.68. The number of nitrogens with zero attached hydrogens (tertiary/aromatic N) is 1. The van der Waals surface area contributed by atoms with Crippen LogP contribution in [-0.4, -0.2) is 26.2 Å². The highest BCUT2D eigenvalue weighted by molar-refractivity contribution is 5.55. The molecule has 3 heteroatoms. The molecule has 0 saturated carbocycles. The van der Waals surface area contributed by atoms with Gasteiger partial charge in [-0.1, -0.05) is 6.07 Å². The van der Waals surface area contributed by atoms with E-state index in [9.17, 15) is 4.39 Å². The average molecular weight is 222 g/mol. The van der Waals surface area contributed by atoms with E-state index in [4.69, 9.17) is 0 Å². The second-order valence-electron chi connectivity index (χ2n) is 4.50. The number of anilines is 1. The van der Waals surface area contributed by atoms with Crippen LogP contribution in [0, 0.1) is 19.7 Å². The molecule has 0 unspecified atom stereocenters. The van der Waals surface area contributed by atoms with E-state index in [1.54, 1.807) is 6.07 Å². The first-order valence-electron chi connectivity index (χ1n) is 5.91. The largest absolute Gasteiger partial charge is 0.368 e. The molecule has 1 saturated heterocycles. The summed E-state index contributed by atoms with van der Waals surface area (Å²) in [6.07, 6.45) is 1.08. The fourth-order valence-electron chi connectivity index (χ4n) is 2.38. The van der Waals surface area contributed by atoms with Crippen LogP contribution in [0.25, 0.3) is 0 Å². The molecular weight excluding hydrogens is 203 g/mol. The Morgan fingerprint density at radius 3 is 2.75 bits per heavy atom. The van der Waals surface area contributed by atoms with Gasteiger partial charge >= 0.3 is 0 Å². The van der Waals surface area contributed by atoms with Gasteiger partial charge in [0, 0.05) is 19.6 Å². The molecule has 16 heavy (non-hydrogen) atoms. The summed E-state index contributed by atoms with van der Waals surface area (Å²) < 4.78 is 14.0. The molecule has 2 rings (SSSR count). The third kappa shape index (κ3) is 2.35. The van der Waals surface area contributed by atoms with Gasteiger partial charge < -0.3 is 10.2 Å². The molecule has 1 N–H and O–H groups in total.